The van der Waals surface area contributed by atoms with Gasteiger partial charge in [-0.1, -0.05) is 19.8 Å². The van der Waals surface area contributed by atoms with E-state index < -0.39 is 0 Å². The summed E-state index contributed by atoms with van der Waals surface area (Å²) in [5, 5.41) is 8.97. The van der Waals surface area contributed by atoms with Crippen LogP contribution in [0.25, 0.3) is 0 Å². The van der Waals surface area contributed by atoms with Crippen molar-refractivity contribution in [2.24, 2.45) is 0 Å². The molecule has 0 fully saturated rings. The molecule has 0 aliphatic heterocycles. The standard InChI is InChI=1S/C11H22O3/c1-3-4-9-14-11(13)8-6-5-7-10(2)12/h10,12H,3-9H2,1-2H3. The zero-order chi connectivity index (χ0) is 10.8. The lowest BCUT2D eigenvalue weighted by atomic mass is 10.1. The Morgan fingerprint density at radius 2 is 2.07 bits per heavy atom. The molecule has 0 aromatic heterocycles. The second kappa shape index (κ2) is 9.00. The minimum Gasteiger partial charge on any atom is -0.466 e. The van der Waals surface area contributed by atoms with E-state index in [4.69, 9.17) is 9.84 Å². The van der Waals surface area contributed by atoms with E-state index in [1.165, 1.54) is 0 Å². The largest absolute Gasteiger partial charge is 0.466 e. The Hall–Kier alpha value is -0.570. The van der Waals surface area contributed by atoms with Crippen molar-refractivity contribution >= 4 is 5.97 Å². The molecule has 0 radical (unpaired) electrons. The summed E-state index contributed by atoms with van der Waals surface area (Å²) in [7, 11) is 0. The Kier molecular flexibility index (Phi) is 8.64. The van der Waals surface area contributed by atoms with Crippen LogP contribution in [0.1, 0.15) is 52.4 Å². The van der Waals surface area contributed by atoms with Crippen LogP contribution in [0, 0.1) is 0 Å². The molecular weight excluding hydrogens is 180 g/mol. The fraction of sp³-hybridized carbons (Fsp3) is 0.909. The van der Waals surface area contributed by atoms with Crippen LogP contribution >= 0.6 is 0 Å². The van der Waals surface area contributed by atoms with Gasteiger partial charge in [0.05, 0.1) is 12.7 Å². The van der Waals surface area contributed by atoms with E-state index in [0.717, 1.165) is 32.1 Å². The number of carbonyl (C=O) groups is 1. The van der Waals surface area contributed by atoms with E-state index in [2.05, 4.69) is 6.92 Å². The van der Waals surface area contributed by atoms with Crippen LogP contribution in [0.15, 0.2) is 0 Å². The summed E-state index contributed by atoms with van der Waals surface area (Å²) < 4.78 is 4.99. The smallest absolute Gasteiger partial charge is 0.305 e. The maximum absolute atomic E-state index is 11.1. The Labute approximate surface area is 86.5 Å². The summed E-state index contributed by atoms with van der Waals surface area (Å²) >= 11 is 0. The van der Waals surface area contributed by atoms with E-state index in [1.54, 1.807) is 6.92 Å². The molecule has 0 bridgehead atoms. The zero-order valence-electron chi connectivity index (χ0n) is 9.29. The highest BCUT2D eigenvalue weighted by Crippen LogP contribution is 2.04. The van der Waals surface area contributed by atoms with Crippen molar-refractivity contribution in [3.05, 3.63) is 0 Å². The number of hydrogen-bond acceptors (Lipinski definition) is 3. The Morgan fingerprint density at radius 1 is 1.36 bits per heavy atom. The van der Waals surface area contributed by atoms with Gasteiger partial charge in [-0.2, -0.15) is 0 Å². The summed E-state index contributed by atoms with van der Waals surface area (Å²) in [6.07, 6.45) is 4.69. The van der Waals surface area contributed by atoms with Gasteiger partial charge in [0.25, 0.3) is 0 Å². The monoisotopic (exact) mass is 202 g/mol. The molecule has 0 spiro atoms. The molecule has 0 saturated carbocycles. The first-order valence-corrected chi connectivity index (χ1v) is 5.50. The average molecular weight is 202 g/mol. The molecule has 3 heteroatoms. The van der Waals surface area contributed by atoms with Gasteiger partial charge in [-0.25, -0.2) is 0 Å². The van der Waals surface area contributed by atoms with Gasteiger partial charge in [0.1, 0.15) is 0 Å². The summed E-state index contributed by atoms with van der Waals surface area (Å²) in [6.45, 7) is 4.38. The molecule has 1 N–H and O–H groups in total. The molecule has 84 valence electrons. The number of esters is 1. The molecule has 3 nitrogen and oxygen atoms in total. The van der Waals surface area contributed by atoms with Crippen LogP contribution in [0.5, 0.6) is 0 Å². The van der Waals surface area contributed by atoms with Gasteiger partial charge < -0.3 is 9.84 Å². The Morgan fingerprint density at radius 3 is 2.64 bits per heavy atom. The van der Waals surface area contributed by atoms with Crippen molar-refractivity contribution in [2.75, 3.05) is 6.61 Å². The van der Waals surface area contributed by atoms with Crippen molar-refractivity contribution in [2.45, 2.75) is 58.5 Å². The molecule has 14 heavy (non-hydrogen) atoms. The number of aliphatic hydroxyl groups is 1. The van der Waals surface area contributed by atoms with E-state index in [-0.39, 0.29) is 12.1 Å². The van der Waals surface area contributed by atoms with Crippen LogP contribution in [-0.2, 0) is 9.53 Å². The van der Waals surface area contributed by atoms with Crippen LogP contribution in [0.2, 0.25) is 0 Å². The molecule has 0 aromatic rings. The van der Waals surface area contributed by atoms with Crippen LogP contribution < -0.4 is 0 Å². The SMILES string of the molecule is CCCCOC(=O)CCCCC(C)O. The Bertz CT molecular complexity index is 143. The minimum atomic E-state index is -0.258. The van der Waals surface area contributed by atoms with Crippen LogP contribution in [-0.4, -0.2) is 23.8 Å². The minimum absolute atomic E-state index is 0.107. The lowest BCUT2D eigenvalue weighted by molar-refractivity contribution is -0.143. The highest BCUT2D eigenvalue weighted by atomic mass is 16.5. The van der Waals surface area contributed by atoms with Crippen molar-refractivity contribution in [3.8, 4) is 0 Å². The summed E-state index contributed by atoms with van der Waals surface area (Å²) in [4.78, 5) is 11.1. The molecule has 0 aliphatic carbocycles. The third-order valence-corrected chi connectivity index (χ3v) is 2.01. The van der Waals surface area contributed by atoms with E-state index in [9.17, 15) is 4.79 Å². The first-order valence-electron chi connectivity index (χ1n) is 5.50. The predicted octanol–water partition coefficient (Wildman–Crippen LogP) is 2.27. The third-order valence-electron chi connectivity index (χ3n) is 2.01. The van der Waals surface area contributed by atoms with Gasteiger partial charge >= 0.3 is 5.97 Å². The number of rotatable bonds is 8. The predicted molar refractivity (Wildman–Crippen MR) is 56.0 cm³/mol. The van der Waals surface area contributed by atoms with E-state index in [1.807, 2.05) is 0 Å². The third kappa shape index (κ3) is 9.52. The number of ether oxygens (including phenoxy) is 1. The van der Waals surface area contributed by atoms with Crippen molar-refractivity contribution in [1.82, 2.24) is 0 Å². The number of carbonyl (C=O) groups excluding carboxylic acids is 1. The highest BCUT2D eigenvalue weighted by Gasteiger charge is 2.02. The molecule has 1 unspecified atom stereocenters. The van der Waals surface area contributed by atoms with Crippen LogP contribution in [0.4, 0.5) is 0 Å². The number of hydrogen-bond donors (Lipinski definition) is 1. The average Bonchev–Trinajstić information content (AvgIpc) is 2.13. The topological polar surface area (TPSA) is 46.5 Å². The van der Waals surface area contributed by atoms with Crippen molar-refractivity contribution in [1.29, 1.82) is 0 Å². The first kappa shape index (κ1) is 13.4. The van der Waals surface area contributed by atoms with Crippen LogP contribution in [0.3, 0.4) is 0 Å². The van der Waals surface area contributed by atoms with Crippen molar-refractivity contribution in [3.63, 3.8) is 0 Å². The second-order valence-corrected chi connectivity index (χ2v) is 3.67. The summed E-state index contributed by atoms with van der Waals surface area (Å²) in [5.74, 6) is -0.107. The summed E-state index contributed by atoms with van der Waals surface area (Å²) in [5.41, 5.74) is 0. The normalized spacial score (nSPS) is 12.5. The second-order valence-electron chi connectivity index (χ2n) is 3.67. The van der Waals surface area contributed by atoms with Gasteiger partial charge in [-0.15, -0.1) is 0 Å². The van der Waals surface area contributed by atoms with Gasteiger partial charge in [-0.3, -0.25) is 4.79 Å². The molecule has 0 heterocycles. The number of unbranched alkanes of at least 4 members (excludes halogenated alkanes) is 2. The first-order chi connectivity index (χ1) is 6.66. The zero-order valence-corrected chi connectivity index (χ0v) is 9.29. The fourth-order valence-electron chi connectivity index (χ4n) is 1.11. The molecule has 0 aromatic carbocycles. The summed E-state index contributed by atoms with van der Waals surface area (Å²) in [6, 6.07) is 0. The molecule has 0 rings (SSSR count). The maximum Gasteiger partial charge on any atom is 0.305 e. The molecule has 0 saturated heterocycles. The van der Waals surface area contributed by atoms with Crippen molar-refractivity contribution < 1.29 is 14.6 Å². The lowest BCUT2D eigenvalue weighted by Crippen LogP contribution is -2.06. The maximum atomic E-state index is 11.1. The molecular formula is C11H22O3. The van der Waals surface area contributed by atoms with Gasteiger partial charge in [-0.05, 0) is 26.2 Å². The molecule has 0 amide bonds. The molecule has 1 atom stereocenters. The van der Waals surface area contributed by atoms with E-state index >= 15 is 0 Å². The number of aliphatic hydroxyl groups excluding tert-OH is 1. The van der Waals surface area contributed by atoms with Gasteiger partial charge in [0, 0.05) is 6.42 Å². The van der Waals surface area contributed by atoms with Gasteiger partial charge in [0.15, 0.2) is 0 Å². The fourth-order valence-corrected chi connectivity index (χ4v) is 1.11. The van der Waals surface area contributed by atoms with E-state index in [0.29, 0.717) is 13.0 Å². The Balaban J connectivity index is 3.18. The highest BCUT2D eigenvalue weighted by molar-refractivity contribution is 5.69. The molecule has 0 aliphatic rings. The quantitative estimate of drug-likeness (QED) is 0.485. The lowest BCUT2D eigenvalue weighted by Gasteiger charge is -2.04. The van der Waals surface area contributed by atoms with Gasteiger partial charge in [0.2, 0.25) is 0 Å².